The van der Waals surface area contributed by atoms with Crippen molar-refractivity contribution in [1.82, 2.24) is 35.0 Å². The van der Waals surface area contributed by atoms with E-state index in [0.29, 0.717) is 12.5 Å². The molecule has 3 aromatic rings. The molecule has 0 aliphatic carbocycles. The second kappa shape index (κ2) is 9.98. The number of piperazine rings is 1. The first-order valence-corrected chi connectivity index (χ1v) is 10.9. The monoisotopic (exact) mass is 421 g/mol. The van der Waals surface area contributed by atoms with Gasteiger partial charge < -0.3 is 4.74 Å². The lowest BCUT2D eigenvalue weighted by atomic mass is 10.0. The Hall–Kier alpha value is -2.84. The molecule has 4 rings (SSSR count). The van der Waals surface area contributed by atoms with Crippen LogP contribution in [0.25, 0.3) is 0 Å². The molecule has 0 bridgehead atoms. The molecular weight excluding hydrogens is 390 g/mol. The highest BCUT2D eigenvalue weighted by molar-refractivity contribution is 5.27. The molecule has 0 amide bonds. The van der Waals surface area contributed by atoms with Crippen LogP contribution < -0.4 is 4.74 Å². The van der Waals surface area contributed by atoms with Crippen molar-refractivity contribution in [3.63, 3.8) is 0 Å². The summed E-state index contributed by atoms with van der Waals surface area (Å²) in [6.45, 7) is 10.2. The lowest BCUT2D eigenvalue weighted by molar-refractivity contribution is 0.0664. The maximum absolute atomic E-state index is 5.26. The van der Waals surface area contributed by atoms with E-state index in [0.717, 1.165) is 49.9 Å². The molecule has 0 saturated carbocycles. The molecule has 0 spiro atoms. The number of hydrogen-bond acceptors (Lipinski definition) is 7. The predicted molar refractivity (Wildman–Crippen MR) is 119 cm³/mol. The number of methoxy groups -OCH3 is 1. The first-order valence-electron chi connectivity index (χ1n) is 10.9. The van der Waals surface area contributed by atoms with Gasteiger partial charge in [0.2, 0.25) is 0 Å². The number of hydrogen-bond donors (Lipinski definition) is 0. The SMILES string of the molecule is COc1ccc(Cn2nnnc2C(C(C)C)N2CCN(Cc3ccncc3)CC2)cc1. The molecule has 8 heteroatoms. The highest BCUT2D eigenvalue weighted by Crippen LogP contribution is 2.28. The van der Waals surface area contributed by atoms with Crippen LogP contribution in [0.1, 0.15) is 36.8 Å². The van der Waals surface area contributed by atoms with E-state index in [2.05, 4.69) is 68.4 Å². The Kier molecular flexibility index (Phi) is 6.89. The van der Waals surface area contributed by atoms with E-state index >= 15 is 0 Å². The molecule has 1 saturated heterocycles. The Balaban J connectivity index is 1.43. The summed E-state index contributed by atoms with van der Waals surface area (Å²) in [5.74, 6) is 2.20. The summed E-state index contributed by atoms with van der Waals surface area (Å²) in [6.07, 6.45) is 3.73. The predicted octanol–water partition coefficient (Wildman–Crippen LogP) is 2.64. The fraction of sp³-hybridized carbons (Fsp3) is 0.478. The summed E-state index contributed by atoms with van der Waals surface area (Å²) in [6, 6.07) is 12.4. The van der Waals surface area contributed by atoms with Crippen molar-refractivity contribution in [2.75, 3.05) is 33.3 Å². The third kappa shape index (κ3) is 5.26. The minimum Gasteiger partial charge on any atom is -0.497 e. The lowest BCUT2D eigenvalue weighted by Gasteiger charge is -2.40. The molecule has 8 nitrogen and oxygen atoms in total. The smallest absolute Gasteiger partial charge is 0.169 e. The molecule has 1 aliphatic rings. The van der Waals surface area contributed by atoms with Crippen LogP contribution in [0.15, 0.2) is 48.8 Å². The Labute approximate surface area is 183 Å². The van der Waals surface area contributed by atoms with Crippen molar-refractivity contribution in [3.8, 4) is 5.75 Å². The summed E-state index contributed by atoms with van der Waals surface area (Å²) in [5.41, 5.74) is 2.46. The van der Waals surface area contributed by atoms with Crippen molar-refractivity contribution in [2.45, 2.75) is 33.0 Å². The summed E-state index contributed by atoms with van der Waals surface area (Å²) >= 11 is 0. The van der Waals surface area contributed by atoms with Crippen LogP contribution in [0.5, 0.6) is 5.75 Å². The molecule has 31 heavy (non-hydrogen) atoms. The van der Waals surface area contributed by atoms with Gasteiger partial charge in [-0.15, -0.1) is 5.10 Å². The Bertz CT molecular complexity index is 934. The fourth-order valence-corrected chi connectivity index (χ4v) is 4.27. The largest absolute Gasteiger partial charge is 0.497 e. The van der Waals surface area contributed by atoms with Gasteiger partial charge in [-0.1, -0.05) is 26.0 Å². The molecular formula is C23H31N7O. The quantitative estimate of drug-likeness (QED) is 0.554. The standard InChI is InChI=1S/C23H31N7O/c1-18(2)22(29-14-12-28(13-15-29)16-20-8-10-24-11-9-20)23-25-26-27-30(23)17-19-4-6-21(31-3)7-5-19/h4-11,18,22H,12-17H2,1-3H3. The number of benzene rings is 1. The highest BCUT2D eigenvalue weighted by atomic mass is 16.5. The molecule has 0 N–H and O–H groups in total. The summed E-state index contributed by atoms with van der Waals surface area (Å²) in [7, 11) is 1.68. The van der Waals surface area contributed by atoms with Crippen LogP contribution in [-0.4, -0.2) is 68.3 Å². The van der Waals surface area contributed by atoms with E-state index in [1.807, 2.05) is 29.2 Å². The number of nitrogens with zero attached hydrogens (tertiary/aromatic N) is 7. The third-order valence-electron chi connectivity index (χ3n) is 5.90. The van der Waals surface area contributed by atoms with Crippen LogP contribution in [0, 0.1) is 5.92 Å². The minimum atomic E-state index is 0.191. The summed E-state index contributed by atoms with van der Waals surface area (Å²) in [4.78, 5) is 9.15. The van der Waals surface area contributed by atoms with Crippen LogP contribution in [-0.2, 0) is 13.1 Å². The van der Waals surface area contributed by atoms with Gasteiger partial charge in [0, 0.05) is 45.1 Å². The molecule has 1 aromatic carbocycles. The fourth-order valence-electron chi connectivity index (χ4n) is 4.27. The maximum Gasteiger partial charge on any atom is 0.169 e. The molecule has 1 atom stereocenters. The maximum atomic E-state index is 5.26. The molecule has 3 heterocycles. The number of aromatic nitrogens is 5. The van der Waals surface area contributed by atoms with E-state index in [4.69, 9.17) is 4.74 Å². The Morgan fingerprint density at radius 2 is 1.58 bits per heavy atom. The first-order chi connectivity index (χ1) is 15.1. The zero-order valence-corrected chi connectivity index (χ0v) is 18.6. The van der Waals surface area contributed by atoms with Gasteiger partial charge in [-0.3, -0.25) is 14.8 Å². The van der Waals surface area contributed by atoms with Gasteiger partial charge in [0.25, 0.3) is 0 Å². The van der Waals surface area contributed by atoms with Crippen molar-refractivity contribution in [3.05, 3.63) is 65.7 Å². The normalized spacial score (nSPS) is 16.5. The number of ether oxygens (including phenoxy) is 1. The summed E-state index contributed by atoms with van der Waals surface area (Å²) < 4.78 is 7.20. The van der Waals surface area contributed by atoms with Crippen molar-refractivity contribution in [2.24, 2.45) is 5.92 Å². The Morgan fingerprint density at radius 3 is 2.23 bits per heavy atom. The number of pyridine rings is 1. The minimum absolute atomic E-state index is 0.191. The van der Waals surface area contributed by atoms with Crippen LogP contribution in [0.3, 0.4) is 0 Å². The molecule has 164 valence electrons. The van der Waals surface area contributed by atoms with Crippen molar-refractivity contribution < 1.29 is 4.74 Å². The van der Waals surface area contributed by atoms with Gasteiger partial charge in [0.15, 0.2) is 5.82 Å². The third-order valence-corrected chi connectivity index (χ3v) is 5.90. The van der Waals surface area contributed by atoms with Gasteiger partial charge in [0.05, 0.1) is 19.7 Å². The highest BCUT2D eigenvalue weighted by Gasteiger charge is 2.31. The molecule has 2 aromatic heterocycles. The van der Waals surface area contributed by atoms with Gasteiger partial charge in [-0.05, 0) is 51.7 Å². The van der Waals surface area contributed by atoms with Crippen molar-refractivity contribution >= 4 is 0 Å². The number of tetrazole rings is 1. The van der Waals surface area contributed by atoms with E-state index in [1.54, 1.807) is 7.11 Å². The first kappa shape index (κ1) is 21.4. The van der Waals surface area contributed by atoms with Gasteiger partial charge in [-0.25, -0.2) is 4.68 Å². The average Bonchev–Trinajstić information content (AvgIpc) is 3.23. The van der Waals surface area contributed by atoms with E-state index < -0.39 is 0 Å². The van der Waals surface area contributed by atoms with Gasteiger partial charge >= 0.3 is 0 Å². The average molecular weight is 422 g/mol. The topological polar surface area (TPSA) is 72.2 Å². The molecule has 1 aliphatic heterocycles. The van der Waals surface area contributed by atoms with Gasteiger partial charge in [0.1, 0.15) is 5.75 Å². The Morgan fingerprint density at radius 1 is 0.903 bits per heavy atom. The zero-order chi connectivity index (χ0) is 21.6. The molecule has 1 fully saturated rings. The zero-order valence-electron chi connectivity index (χ0n) is 18.6. The lowest BCUT2D eigenvalue weighted by Crippen LogP contribution is -2.48. The van der Waals surface area contributed by atoms with Crippen molar-refractivity contribution in [1.29, 1.82) is 0 Å². The second-order valence-electron chi connectivity index (χ2n) is 8.40. The van der Waals surface area contributed by atoms with Crippen LogP contribution in [0.4, 0.5) is 0 Å². The molecule has 1 unspecified atom stereocenters. The molecule has 0 radical (unpaired) electrons. The second-order valence-corrected chi connectivity index (χ2v) is 8.40. The van der Waals surface area contributed by atoms with E-state index in [9.17, 15) is 0 Å². The summed E-state index contributed by atoms with van der Waals surface area (Å²) in [5, 5.41) is 12.8. The van der Waals surface area contributed by atoms with Crippen LogP contribution >= 0.6 is 0 Å². The van der Waals surface area contributed by atoms with Crippen LogP contribution in [0.2, 0.25) is 0 Å². The van der Waals surface area contributed by atoms with Gasteiger partial charge in [-0.2, -0.15) is 0 Å². The van der Waals surface area contributed by atoms with E-state index in [-0.39, 0.29) is 6.04 Å². The number of rotatable bonds is 8. The van der Waals surface area contributed by atoms with E-state index in [1.165, 1.54) is 5.56 Å².